The van der Waals surface area contributed by atoms with Crippen molar-refractivity contribution in [2.24, 2.45) is 0 Å². The normalized spacial score (nSPS) is 13.3. The van der Waals surface area contributed by atoms with E-state index >= 15 is 0 Å². The number of hydrogen-bond donors (Lipinski definition) is 2. The number of rotatable bonds is 6. The molecule has 34 heavy (non-hydrogen) atoms. The van der Waals surface area contributed by atoms with Gasteiger partial charge in [0.2, 0.25) is 0 Å². The van der Waals surface area contributed by atoms with Crippen molar-refractivity contribution >= 4 is 35.2 Å². The molecule has 178 valence electrons. The molecule has 0 spiro atoms. The maximum atomic E-state index is 13.0. The number of fused-ring (bicyclic) bond motifs is 2. The van der Waals surface area contributed by atoms with Gasteiger partial charge >= 0.3 is 12.1 Å². The molecule has 0 aromatic heterocycles. The molecule has 1 aliphatic carbocycles. The summed E-state index contributed by atoms with van der Waals surface area (Å²) in [6.07, 6.45) is -2.01. The molecule has 0 aliphatic heterocycles. The fourth-order valence-electron chi connectivity index (χ4n) is 3.37. The van der Waals surface area contributed by atoms with Crippen molar-refractivity contribution in [2.45, 2.75) is 45.8 Å². The Morgan fingerprint density at radius 2 is 1.53 bits per heavy atom. The number of amides is 2. The van der Waals surface area contributed by atoms with Crippen molar-refractivity contribution < 1.29 is 33.4 Å². The summed E-state index contributed by atoms with van der Waals surface area (Å²) < 4.78 is 10.2. The summed E-state index contributed by atoms with van der Waals surface area (Å²) in [5.41, 5.74) is 0.357. The van der Waals surface area contributed by atoms with Crippen LogP contribution in [0.1, 0.15) is 66.0 Å². The van der Waals surface area contributed by atoms with Gasteiger partial charge in [0.15, 0.2) is 17.7 Å². The average Bonchev–Trinajstić information content (AvgIpc) is 2.76. The molecular formula is C25H26N2O7. The van der Waals surface area contributed by atoms with Crippen molar-refractivity contribution in [2.75, 3.05) is 11.9 Å². The number of nitrogens with one attached hydrogen (secondary N) is 2. The van der Waals surface area contributed by atoms with E-state index in [1.807, 2.05) is 0 Å². The summed E-state index contributed by atoms with van der Waals surface area (Å²) in [7, 11) is 0. The number of ketones is 2. The minimum absolute atomic E-state index is 0.0235. The lowest BCUT2D eigenvalue weighted by Gasteiger charge is -2.21. The van der Waals surface area contributed by atoms with Crippen LogP contribution in [0.15, 0.2) is 42.5 Å². The van der Waals surface area contributed by atoms with E-state index in [2.05, 4.69) is 10.6 Å². The van der Waals surface area contributed by atoms with E-state index < -0.39 is 29.7 Å². The summed E-state index contributed by atoms with van der Waals surface area (Å²) in [5, 5.41) is 5.01. The summed E-state index contributed by atoms with van der Waals surface area (Å²) in [5.74, 6) is -2.05. The molecule has 9 nitrogen and oxygen atoms in total. The standard InChI is InChI=1S/C25H26N2O7/c1-14(33-19(28)12-13-26-24(32)34-25(2,3)4)23(31)27-18-11-7-10-17-20(18)22(30)16-9-6-5-8-15(16)21(17)29/h5-11,14H,12-13H2,1-4H3,(H,26,32)(H,27,31). The Balaban J connectivity index is 1.61. The molecule has 2 aromatic carbocycles. The van der Waals surface area contributed by atoms with Gasteiger partial charge in [-0.25, -0.2) is 4.79 Å². The van der Waals surface area contributed by atoms with E-state index in [1.165, 1.54) is 19.1 Å². The molecule has 0 saturated heterocycles. The van der Waals surface area contributed by atoms with Gasteiger partial charge in [-0.1, -0.05) is 36.4 Å². The first-order valence-electron chi connectivity index (χ1n) is 10.8. The average molecular weight is 466 g/mol. The quantitative estimate of drug-likeness (QED) is 0.534. The SMILES string of the molecule is CC(OC(=O)CCNC(=O)OC(C)(C)C)C(=O)Nc1cccc2c1C(=O)c1ccccc1C2=O. The van der Waals surface area contributed by atoms with Gasteiger partial charge in [0.05, 0.1) is 17.7 Å². The van der Waals surface area contributed by atoms with E-state index in [-0.39, 0.29) is 46.9 Å². The van der Waals surface area contributed by atoms with E-state index in [0.29, 0.717) is 5.56 Å². The molecule has 1 aliphatic rings. The molecule has 0 fully saturated rings. The third kappa shape index (κ3) is 5.67. The van der Waals surface area contributed by atoms with Crippen molar-refractivity contribution in [3.8, 4) is 0 Å². The fraction of sp³-hybridized carbons (Fsp3) is 0.320. The van der Waals surface area contributed by atoms with Crippen LogP contribution in [0.5, 0.6) is 0 Å². The number of esters is 1. The molecule has 2 N–H and O–H groups in total. The van der Waals surface area contributed by atoms with Crippen LogP contribution in [0.2, 0.25) is 0 Å². The van der Waals surface area contributed by atoms with Crippen molar-refractivity contribution in [1.29, 1.82) is 0 Å². The third-order valence-corrected chi connectivity index (χ3v) is 4.89. The van der Waals surface area contributed by atoms with Gasteiger partial charge in [-0.3, -0.25) is 19.2 Å². The predicted molar refractivity (Wildman–Crippen MR) is 123 cm³/mol. The monoisotopic (exact) mass is 466 g/mol. The van der Waals surface area contributed by atoms with Gasteiger partial charge in [0.25, 0.3) is 5.91 Å². The van der Waals surface area contributed by atoms with Gasteiger partial charge in [-0.05, 0) is 33.8 Å². The topological polar surface area (TPSA) is 128 Å². The Morgan fingerprint density at radius 1 is 0.912 bits per heavy atom. The minimum atomic E-state index is -1.17. The number of hydrogen-bond acceptors (Lipinski definition) is 7. The van der Waals surface area contributed by atoms with Gasteiger partial charge in [0, 0.05) is 23.2 Å². The number of benzene rings is 2. The smallest absolute Gasteiger partial charge is 0.407 e. The number of carbonyl (C=O) groups excluding carboxylic acids is 5. The van der Waals surface area contributed by atoms with Crippen LogP contribution in [-0.2, 0) is 19.1 Å². The highest BCUT2D eigenvalue weighted by Gasteiger charge is 2.32. The Labute approximate surface area is 196 Å². The van der Waals surface area contributed by atoms with E-state index in [1.54, 1.807) is 51.1 Å². The Bertz CT molecular complexity index is 1160. The predicted octanol–water partition coefficient (Wildman–Crippen LogP) is 3.25. The van der Waals surface area contributed by atoms with Crippen molar-refractivity contribution in [1.82, 2.24) is 5.32 Å². The maximum absolute atomic E-state index is 13.0. The second-order valence-electron chi connectivity index (χ2n) is 8.73. The molecule has 2 amide bonds. The van der Waals surface area contributed by atoms with Gasteiger partial charge in [-0.15, -0.1) is 0 Å². The maximum Gasteiger partial charge on any atom is 0.407 e. The zero-order chi connectivity index (χ0) is 25.0. The van der Waals surface area contributed by atoms with Crippen LogP contribution in [0.25, 0.3) is 0 Å². The van der Waals surface area contributed by atoms with Crippen LogP contribution >= 0.6 is 0 Å². The minimum Gasteiger partial charge on any atom is -0.452 e. The second kappa shape index (κ2) is 9.86. The van der Waals surface area contributed by atoms with E-state index in [9.17, 15) is 24.0 Å². The highest BCUT2D eigenvalue weighted by atomic mass is 16.6. The van der Waals surface area contributed by atoms with Gasteiger partial charge < -0.3 is 20.1 Å². The van der Waals surface area contributed by atoms with Crippen LogP contribution in [0, 0.1) is 0 Å². The Kier molecular flexibility index (Phi) is 7.14. The lowest BCUT2D eigenvalue weighted by atomic mass is 9.83. The Morgan fingerprint density at radius 3 is 2.18 bits per heavy atom. The molecule has 0 bridgehead atoms. The number of ether oxygens (including phenoxy) is 2. The van der Waals surface area contributed by atoms with Gasteiger partial charge in [-0.2, -0.15) is 0 Å². The summed E-state index contributed by atoms with van der Waals surface area (Å²) >= 11 is 0. The summed E-state index contributed by atoms with van der Waals surface area (Å²) in [4.78, 5) is 62.2. The molecule has 2 aromatic rings. The highest BCUT2D eigenvalue weighted by Crippen LogP contribution is 2.32. The molecule has 1 unspecified atom stereocenters. The first kappa shape index (κ1) is 24.6. The summed E-state index contributed by atoms with van der Waals surface area (Å²) in [6, 6.07) is 11.1. The van der Waals surface area contributed by atoms with Crippen LogP contribution in [0.3, 0.4) is 0 Å². The highest BCUT2D eigenvalue weighted by molar-refractivity contribution is 6.30. The summed E-state index contributed by atoms with van der Waals surface area (Å²) in [6.45, 7) is 6.50. The fourth-order valence-corrected chi connectivity index (χ4v) is 3.37. The molecule has 0 saturated carbocycles. The number of anilines is 1. The number of carbonyl (C=O) groups is 5. The largest absolute Gasteiger partial charge is 0.452 e. The van der Waals surface area contributed by atoms with Crippen molar-refractivity contribution in [3.63, 3.8) is 0 Å². The molecule has 0 heterocycles. The second-order valence-corrected chi connectivity index (χ2v) is 8.73. The molecule has 1 atom stereocenters. The lowest BCUT2D eigenvalue weighted by Crippen LogP contribution is -2.35. The Hall–Kier alpha value is -4.01. The zero-order valence-corrected chi connectivity index (χ0v) is 19.4. The first-order chi connectivity index (χ1) is 16.0. The molecule has 0 radical (unpaired) electrons. The van der Waals surface area contributed by atoms with E-state index in [0.717, 1.165) is 0 Å². The molecule has 3 rings (SSSR count). The van der Waals surface area contributed by atoms with Crippen LogP contribution in [-0.4, -0.2) is 47.8 Å². The lowest BCUT2D eigenvalue weighted by molar-refractivity contribution is -0.153. The van der Waals surface area contributed by atoms with Gasteiger partial charge in [0.1, 0.15) is 5.60 Å². The molecule has 9 heteroatoms. The van der Waals surface area contributed by atoms with Crippen molar-refractivity contribution in [3.05, 3.63) is 64.7 Å². The van der Waals surface area contributed by atoms with Crippen LogP contribution < -0.4 is 10.6 Å². The van der Waals surface area contributed by atoms with E-state index in [4.69, 9.17) is 9.47 Å². The first-order valence-corrected chi connectivity index (χ1v) is 10.8. The molecular weight excluding hydrogens is 440 g/mol. The third-order valence-electron chi connectivity index (χ3n) is 4.89. The zero-order valence-electron chi connectivity index (χ0n) is 19.4. The van der Waals surface area contributed by atoms with Crippen LogP contribution in [0.4, 0.5) is 10.5 Å². The number of alkyl carbamates (subject to hydrolysis) is 1.